The SMILES string of the molecule is CCC(=O)O[C@H]1C(=CC(=O)OC)CC2C[C@H]([C@H](C)OCc3ccccc3)OC(=O)C[C@H](O)CC(=O)O[C@H](C(C)(C)COC(=O)CCl)C[C@@H]3CCO[C@H](C=CC(C)(C)[C@]1(O)O2)O3. The molecule has 0 radical (unpaired) electrons. The first-order valence-electron chi connectivity index (χ1n) is 20.6. The molecule has 0 spiro atoms. The number of carbonyl (C=O) groups excluding carboxylic acids is 5. The summed E-state index contributed by atoms with van der Waals surface area (Å²) in [5.41, 5.74) is -1.35. The van der Waals surface area contributed by atoms with Crippen LogP contribution in [0.5, 0.6) is 0 Å². The summed E-state index contributed by atoms with van der Waals surface area (Å²) in [6.07, 6.45) is -4.81. The summed E-state index contributed by atoms with van der Waals surface area (Å²) < 4.78 is 52.9. The maximum atomic E-state index is 13.6. The first-order chi connectivity index (χ1) is 28.8. The Morgan fingerprint density at radius 1 is 1.02 bits per heavy atom. The molecule has 61 heavy (non-hydrogen) atoms. The van der Waals surface area contributed by atoms with Gasteiger partial charge in [0.05, 0.1) is 64.2 Å². The fraction of sp³-hybridized carbons (Fsp3) is 0.659. The van der Waals surface area contributed by atoms with Crippen molar-refractivity contribution in [1.82, 2.24) is 0 Å². The molecule has 1 aromatic carbocycles. The van der Waals surface area contributed by atoms with Crippen molar-refractivity contribution in [3.63, 3.8) is 0 Å². The normalized spacial score (nSPS) is 30.3. The first kappa shape index (κ1) is 49.8. The molecule has 3 aliphatic heterocycles. The molecule has 1 unspecified atom stereocenters. The fourth-order valence-corrected chi connectivity index (χ4v) is 7.27. The molecule has 16 nitrogen and oxygen atoms in total. The molecule has 4 bridgehead atoms. The Balaban J connectivity index is 1.79. The number of alkyl halides is 1. The van der Waals surface area contributed by atoms with Crippen molar-refractivity contribution >= 4 is 41.4 Å². The van der Waals surface area contributed by atoms with Crippen LogP contribution < -0.4 is 0 Å². The van der Waals surface area contributed by atoms with Gasteiger partial charge < -0.3 is 52.8 Å². The number of benzene rings is 1. The lowest BCUT2D eigenvalue weighted by atomic mass is 9.74. The van der Waals surface area contributed by atoms with Crippen LogP contribution in [0, 0.1) is 10.8 Å². The third kappa shape index (κ3) is 14.3. The van der Waals surface area contributed by atoms with Gasteiger partial charge in [-0.15, -0.1) is 11.6 Å². The number of rotatable bonds is 11. The van der Waals surface area contributed by atoms with Gasteiger partial charge in [-0.05, 0) is 37.0 Å². The molecule has 2 N–H and O–H groups in total. The third-order valence-electron chi connectivity index (χ3n) is 11.0. The van der Waals surface area contributed by atoms with Crippen molar-refractivity contribution < 1.29 is 76.8 Å². The van der Waals surface area contributed by atoms with Crippen molar-refractivity contribution in [2.75, 3.05) is 26.2 Å². The maximum Gasteiger partial charge on any atom is 0.330 e. The summed E-state index contributed by atoms with van der Waals surface area (Å²) in [5, 5.41) is 23.8. The number of cyclic esters (lactones) is 2. The lowest BCUT2D eigenvalue weighted by Crippen LogP contribution is -2.62. The number of ether oxygens (including phenoxy) is 9. The second-order valence-electron chi connectivity index (χ2n) is 16.8. The van der Waals surface area contributed by atoms with Gasteiger partial charge in [-0.25, -0.2) is 4.79 Å². The second kappa shape index (κ2) is 22.5. The van der Waals surface area contributed by atoms with E-state index in [9.17, 15) is 34.2 Å². The van der Waals surface area contributed by atoms with E-state index in [1.807, 2.05) is 30.3 Å². The average Bonchev–Trinajstić information content (AvgIpc) is 3.21. The van der Waals surface area contributed by atoms with Gasteiger partial charge >= 0.3 is 29.8 Å². The summed E-state index contributed by atoms with van der Waals surface area (Å²) in [4.78, 5) is 64.7. The molecule has 0 aromatic heterocycles. The minimum atomic E-state index is -2.35. The third-order valence-corrected chi connectivity index (χ3v) is 11.2. The Bertz CT molecular complexity index is 1710. The molecule has 0 saturated carbocycles. The van der Waals surface area contributed by atoms with E-state index in [0.29, 0.717) is 6.42 Å². The molecule has 0 aliphatic carbocycles. The number of aliphatic hydroxyl groups is 2. The zero-order valence-electron chi connectivity index (χ0n) is 36.0. The fourth-order valence-electron chi connectivity index (χ4n) is 7.19. The van der Waals surface area contributed by atoms with Gasteiger partial charge in [-0.1, -0.05) is 71.0 Å². The Kier molecular flexibility index (Phi) is 18.3. The number of aliphatic hydroxyl groups excluding tert-OH is 1. The number of hydrogen-bond acceptors (Lipinski definition) is 16. The van der Waals surface area contributed by atoms with Crippen LogP contribution in [0.4, 0.5) is 0 Å². The highest BCUT2D eigenvalue weighted by atomic mass is 35.5. The monoisotopic (exact) mass is 880 g/mol. The van der Waals surface area contributed by atoms with Gasteiger partial charge in [0.1, 0.15) is 18.1 Å². The number of fused-ring (bicyclic) bond motifs is 4. The summed E-state index contributed by atoms with van der Waals surface area (Å²) >= 11 is 5.66. The molecule has 2 fully saturated rings. The van der Waals surface area contributed by atoms with Crippen LogP contribution in [-0.2, 0) is 73.2 Å². The Morgan fingerprint density at radius 3 is 2.36 bits per heavy atom. The molecule has 1 aromatic rings. The van der Waals surface area contributed by atoms with Crippen LogP contribution in [0.3, 0.4) is 0 Å². The van der Waals surface area contributed by atoms with Gasteiger partial charge in [0, 0.05) is 36.2 Å². The predicted molar refractivity (Wildman–Crippen MR) is 217 cm³/mol. The zero-order valence-corrected chi connectivity index (χ0v) is 36.8. The highest BCUT2D eigenvalue weighted by molar-refractivity contribution is 6.26. The minimum absolute atomic E-state index is 0.0503. The topological polar surface area (TPSA) is 209 Å². The van der Waals surface area contributed by atoms with Crippen LogP contribution in [0.2, 0.25) is 0 Å². The summed E-state index contributed by atoms with van der Waals surface area (Å²) in [7, 11) is 1.19. The van der Waals surface area contributed by atoms with Crippen LogP contribution >= 0.6 is 11.6 Å². The molecular weight excluding hydrogens is 820 g/mol. The second-order valence-corrected chi connectivity index (χ2v) is 17.1. The van der Waals surface area contributed by atoms with Gasteiger partial charge in [0.2, 0.25) is 5.79 Å². The van der Waals surface area contributed by atoms with Crippen LogP contribution in [-0.4, -0.2) is 121 Å². The lowest BCUT2D eigenvalue weighted by molar-refractivity contribution is -0.327. The smallest absolute Gasteiger partial charge is 0.330 e. The molecule has 4 rings (SSSR count). The van der Waals surface area contributed by atoms with E-state index in [4.69, 9.17) is 54.2 Å². The van der Waals surface area contributed by atoms with E-state index < -0.39 is 108 Å². The van der Waals surface area contributed by atoms with E-state index in [2.05, 4.69) is 0 Å². The van der Waals surface area contributed by atoms with Crippen LogP contribution in [0.25, 0.3) is 0 Å². The van der Waals surface area contributed by atoms with Crippen molar-refractivity contribution in [3.05, 3.63) is 59.7 Å². The molecule has 9 atom stereocenters. The van der Waals surface area contributed by atoms with E-state index in [0.717, 1.165) is 11.6 Å². The van der Waals surface area contributed by atoms with E-state index in [1.54, 1.807) is 53.7 Å². The van der Waals surface area contributed by atoms with Gasteiger partial charge in [-0.3, -0.25) is 19.2 Å². The van der Waals surface area contributed by atoms with E-state index in [1.165, 1.54) is 7.11 Å². The molecular formula is C44H61ClO16. The number of hydrogen-bond donors (Lipinski definition) is 2. The highest BCUT2D eigenvalue weighted by Crippen LogP contribution is 2.47. The predicted octanol–water partition coefficient (Wildman–Crippen LogP) is 4.77. The number of methoxy groups -OCH3 is 1. The largest absolute Gasteiger partial charge is 0.466 e. The van der Waals surface area contributed by atoms with Crippen molar-refractivity contribution in [3.8, 4) is 0 Å². The Hall–Kier alpha value is -3.90. The Labute approximate surface area is 362 Å². The molecule has 340 valence electrons. The highest BCUT2D eigenvalue weighted by Gasteiger charge is 2.58. The Morgan fingerprint density at radius 2 is 1.70 bits per heavy atom. The van der Waals surface area contributed by atoms with Crippen molar-refractivity contribution in [2.24, 2.45) is 10.8 Å². The maximum absolute atomic E-state index is 13.6. The summed E-state index contributed by atoms with van der Waals surface area (Å²) in [6.45, 7) is 10.3. The number of halogens is 1. The van der Waals surface area contributed by atoms with Gasteiger partial charge in [0.25, 0.3) is 0 Å². The number of esters is 5. The molecule has 0 amide bonds. The zero-order chi connectivity index (χ0) is 45.0. The summed E-state index contributed by atoms with van der Waals surface area (Å²) in [5.74, 6) is -6.51. The minimum Gasteiger partial charge on any atom is -0.466 e. The molecule has 2 saturated heterocycles. The van der Waals surface area contributed by atoms with E-state index >= 15 is 0 Å². The molecule has 3 heterocycles. The van der Waals surface area contributed by atoms with Crippen LogP contribution in [0.1, 0.15) is 92.1 Å². The van der Waals surface area contributed by atoms with Gasteiger partial charge in [-0.2, -0.15) is 0 Å². The summed E-state index contributed by atoms with van der Waals surface area (Å²) in [6, 6.07) is 9.30. The van der Waals surface area contributed by atoms with Crippen molar-refractivity contribution in [2.45, 2.75) is 148 Å². The average molecular weight is 881 g/mol. The molecule has 17 heteroatoms. The lowest BCUT2D eigenvalue weighted by Gasteiger charge is -2.51. The van der Waals surface area contributed by atoms with Crippen molar-refractivity contribution in [1.29, 1.82) is 0 Å². The standard InChI is InChI=1S/C44H61ClO16/c1-8-35(47)60-41-29(19-36(48)53-7)18-32-22-33(27(2)55-25-28-12-10-9-11-13-28)58-37(49)20-30(46)21-38(50)59-34(42(3,4)26-56-39(51)24-45)23-31-15-17-54-40(57-31)14-16-43(5,6)44(41,52)61-32/h9-14,16,19,27,30-34,40-41,46,52H,8,15,17-18,20-26H2,1-7H3/t27-,30-,31-,32?,33+,34-,40-,41-,44+/m0/s1. The number of carbonyl (C=O) groups is 5. The van der Waals surface area contributed by atoms with Gasteiger partial charge in [0.15, 0.2) is 12.4 Å². The van der Waals surface area contributed by atoms with E-state index in [-0.39, 0.29) is 57.0 Å². The first-order valence-corrected chi connectivity index (χ1v) is 21.1. The quantitative estimate of drug-likeness (QED) is 0.101. The molecule has 3 aliphatic rings. The van der Waals surface area contributed by atoms with Crippen LogP contribution in [0.15, 0.2) is 54.1 Å².